The predicted molar refractivity (Wildman–Crippen MR) is 50.8 cm³/mol. The number of hydrogen-bond acceptors (Lipinski definition) is 3. The summed E-state index contributed by atoms with van der Waals surface area (Å²) in [5.41, 5.74) is -0.849. The van der Waals surface area contributed by atoms with Gasteiger partial charge in [0.15, 0.2) is 0 Å². The van der Waals surface area contributed by atoms with Gasteiger partial charge in [-0.05, 0) is 20.3 Å². The lowest BCUT2D eigenvalue weighted by Gasteiger charge is -2.28. The van der Waals surface area contributed by atoms with Crippen LogP contribution in [0.5, 0.6) is 0 Å². The molecule has 0 bridgehead atoms. The Morgan fingerprint density at radius 1 is 1.69 bits per heavy atom. The highest BCUT2D eigenvalue weighted by atomic mass is 16.5. The lowest BCUT2D eigenvalue weighted by molar-refractivity contribution is -0.144. The van der Waals surface area contributed by atoms with E-state index in [2.05, 4.69) is 5.32 Å². The minimum absolute atomic E-state index is 0.0473. The van der Waals surface area contributed by atoms with E-state index in [9.17, 15) is 4.79 Å². The van der Waals surface area contributed by atoms with E-state index >= 15 is 0 Å². The largest absolute Gasteiger partial charge is 0.480 e. The Bertz CT molecular complexity index is 172. The summed E-state index contributed by atoms with van der Waals surface area (Å²) in [4.78, 5) is 10.9. The third-order valence-electron chi connectivity index (χ3n) is 2.16. The molecule has 2 atom stereocenters. The van der Waals surface area contributed by atoms with Gasteiger partial charge < -0.3 is 9.84 Å². The first-order valence-corrected chi connectivity index (χ1v) is 4.46. The van der Waals surface area contributed by atoms with Gasteiger partial charge in [-0.1, -0.05) is 6.92 Å². The van der Waals surface area contributed by atoms with Crippen LogP contribution in [0.1, 0.15) is 27.2 Å². The molecule has 0 aliphatic heterocycles. The van der Waals surface area contributed by atoms with Crippen molar-refractivity contribution in [1.29, 1.82) is 0 Å². The zero-order valence-corrected chi connectivity index (χ0v) is 8.76. The second kappa shape index (κ2) is 5.19. The van der Waals surface area contributed by atoms with Crippen molar-refractivity contribution >= 4 is 5.97 Å². The van der Waals surface area contributed by atoms with Gasteiger partial charge in [-0.2, -0.15) is 0 Å². The zero-order valence-electron chi connectivity index (χ0n) is 8.76. The minimum atomic E-state index is -0.849. The van der Waals surface area contributed by atoms with Gasteiger partial charge in [0.1, 0.15) is 5.54 Å². The highest BCUT2D eigenvalue weighted by molar-refractivity contribution is 5.78. The Balaban J connectivity index is 4.18. The van der Waals surface area contributed by atoms with E-state index in [-0.39, 0.29) is 6.04 Å². The molecule has 78 valence electrons. The van der Waals surface area contributed by atoms with Crippen molar-refractivity contribution in [2.24, 2.45) is 0 Å². The maximum atomic E-state index is 10.9. The van der Waals surface area contributed by atoms with Crippen molar-refractivity contribution in [2.45, 2.75) is 38.8 Å². The van der Waals surface area contributed by atoms with Crippen molar-refractivity contribution < 1.29 is 14.6 Å². The molecular formula is C9H19NO3. The van der Waals surface area contributed by atoms with Crippen LogP contribution < -0.4 is 5.32 Å². The Kier molecular flexibility index (Phi) is 4.95. The van der Waals surface area contributed by atoms with Crippen molar-refractivity contribution in [3.05, 3.63) is 0 Å². The number of carboxylic acids is 1. The van der Waals surface area contributed by atoms with Gasteiger partial charge in [0.2, 0.25) is 0 Å². The molecule has 13 heavy (non-hydrogen) atoms. The van der Waals surface area contributed by atoms with Crippen LogP contribution in [0.2, 0.25) is 0 Å². The SMILES string of the molecule is CCC(C)(NC(C)COC)C(=O)O. The summed E-state index contributed by atoms with van der Waals surface area (Å²) < 4.78 is 4.92. The lowest BCUT2D eigenvalue weighted by atomic mass is 9.98. The molecule has 2 N–H and O–H groups in total. The summed E-state index contributed by atoms with van der Waals surface area (Å²) in [6.07, 6.45) is 0.552. The monoisotopic (exact) mass is 189 g/mol. The molecule has 0 saturated heterocycles. The fourth-order valence-electron chi connectivity index (χ4n) is 1.15. The second-order valence-electron chi connectivity index (χ2n) is 3.49. The number of methoxy groups -OCH3 is 1. The minimum Gasteiger partial charge on any atom is -0.480 e. The molecule has 0 radical (unpaired) electrons. The van der Waals surface area contributed by atoms with Gasteiger partial charge in [-0.15, -0.1) is 0 Å². The molecule has 0 aliphatic rings. The Labute approximate surface area is 79.3 Å². The molecule has 2 unspecified atom stereocenters. The van der Waals surface area contributed by atoms with Gasteiger partial charge in [0, 0.05) is 13.2 Å². The Hall–Kier alpha value is -0.610. The number of carboxylic acid groups (broad SMARTS) is 1. The maximum absolute atomic E-state index is 10.9. The number of nitrogens with one attached hydrogen (secondary N) is 1. The van der Waals surface area contributed by atoms with E-state index in [1.165, 1.54) is 0 Å². The van der Waals surface area contributed by atoms with Crippen LogP contribution in [0.4, 0.5) is 0 Å². The third kappa shape index (κ3) is 3.74. The highest BCUT2D eigenvalue weighted by Gasteiger charge is 2.31. The normalized spacial score (nSPS) is 17.8. The topological polar surface area (TPSA) is 58.6 Å². The van der Waals surface area contributed by atoms with Crippen molar-refractivity contribution in [1.82, 2.24) is 5.32 Å². The van der Waals surface area contributed by atoms with Crippen LogP contribution >= 0.6 is 0 Å². The van der Waals surface area contributed by atoms with E-state index in [0.29, 0.717) is 13.0 Å². The lowest BCUT2D eigenvalue weighted by Crippen LogP contribution is -2.53. The van der Waals surface area contributed by atoms with Crippen molar-refractivity contribution in [2.75, 3.05) is 13.7 Å². The summed E-state index contributed by atoms with van der Waals surface area (Å²) in [6, 6.07) is 0.0473. The molecule has 0 aromatic carbocycles. The van der Waals surface area contributed by atoms with Crippen LogP contribution in [-0.2, 0) is 9.53 Å². The molecule has 0 aromatic rings. The fraction of sp³-hybridized carbons (Fsp3) is 0.889. The fourth-order valence-corrected chi connectivity index (χ4v) is 1.15. The number of aliphatic carboxylic acids is 1. The Morgan fingerprint density at radius 3 is 2.54 bits per heavy atom. The summed E-state index contributed by atoms with van der Waals surface area (Å²) in [5, 5.41) is 12.0. The summed E-state index contributed by atoms with van der Waals surface area (Å²) in [7, 11) is 1.60. The quantitative estimate of drug-likeness (QED) is 0.650. The van der Waals surface area contributed by atoms with Crippen LogP contribution in [0, 0.1) is 0 Å². The second-order valence-corrected chi connectivity index (χ2v) is 3.49. The molecule has 0 fully saturated rings. The molecule has 0 aromatic heterocycles. The van der Waals surface area contributed by atoms with E-state index in [1.54, 1.807) is 14.0 Å². The van der Waals surface area contributed by atoms with E-state index in [4.69, 9.17) is 9.84 Å². The standard InChI is InChI=1S/C9H19NO3/c1-5-9(3,8(11)12)10-7(2)6-13-4/h7,10H,5-6H2,1-4H3,(H,11,12). The van der Waals surface area contributed by atoms with E-state index in [0.717, 1.165) is 0 Å². The molecule has 0 heterocycles. The van der Waals surface area contributed by atoms with Gasteiger partial charge in [0.05, 0.1) is 6.61 Å². The van der Waals surface area contributed by atoms with Gasteiger partial charge in [-0.25, -0.2) is 0 Å². The first kappa shape index (κ1) is 12.4. The molecule has 0 spiro atoms. The first-order valence-electron chi connectivity index (χ1n) is 4.46. The molecule has 0 rings (SSSR count). The number of ether oxygens (including phenoxy) is 1. The third-order valence-corrected chi connectivity index (χ3v) is 2.16. The average Bonchev–Trinajstić information content (AvgIpc) is 2.04. The van der Waals surface area contributed by atoms with Crippen molar-refractivity contribution in [3.8, 4) is 0 Å². The van der Waals surface area contributed by atoms with E-state index < -0.39 is 11.5 Å². The van der Waals surface area contributed by atoms with E-state index in [1.807, 2.05) is 13.8 Å². The molecule has 4 heteroatoms. The summed E-state index contributed by atoms with van der Waals surface area (Å²) >= 11 is 0. The molecular weight excluding hydrogens is 170 g/mol. The smallest absolute Gasteiger partial charge is 0.323 e. The van der Waals surface area contributed by atoms with Gasteiger partial charge >= 0.3 is 5.97 Å². The summed E-state index contributed by atoms with van der Waals surface area (Å²) in [5.74, 6) is -0.821. The van der Waals surface area contributed by atoms with Gasteiger partial charge in [0.25, 0.3) is 0 Å². The maximum Gasteiger partial charge on any atom is 0.323 e. The number of carbonyl (C=O) groups is 1. The van der Waals surface area contributed by atoms with Crippen LogP contribution in [-0.4, -0.2) is 36.4 Å². The highest BCUT2D eigenvalue weighted by Crippen LogP contribution is 2.10. The van der Waals surface area contributed by atoms with Gasteiger partial charge in [-0.3, -0.25) is 10.1 Å². The summed E-state index contributed by atoms with van der Waals surface area (Å²) in [6.45, 7) is 5.95. The number of hydrogen-bond donors (Lipinski definition) is 2. The van der Waals surface area contributed by atoms with Crippen LogP contribution in [0.3, 0.4) is 0 Å². The molecule has 0 saturated carbocycles. The van der Waals surface area contributed by atoms with Crippen LogP contribution in [0.25, 0.3) is 0 Å². The van der Waals surface area contributed by atoms with Crippen LogP contribution in [0.15, 0.2) is 0 Å². The first-order chi connectivity index (χ1) is 5.96. The predicted octanol–water partition coefficient (Wildman–Crippen LogP) is 0.864. The van der Waals surface area contributed by atoms with Crippen molar-refractivity contribution in [3.63, 3.8) is 0 Å². The Morgan fingerprint density at radius 2 is 2.23 bits per heavy atom. The number of rotatable bonds is 6. The average molecular weight is 189 g/mol. The molecule has 0 amide bonds. The molecule has 4 nitrogen and oxygen atoms in total. The molecule has 0 aliphatic carbocycles. The zero-order chi connectivity index (χ0) is 10.5.